The topological polar surface area (TPSA) is 61.9 Å². The van der Waals surface area contributed by atoms with Gasteiger partial charge in [0, 0.05) is 24.2 Å². The van der Waals surface area contributed by atoms with E-state index in [9.17, 15) is 0 Å². The molecule has 1 aromatic rings. The van der Waals surface area contributed by atoms with E-state index in [-0.39, 0.29) is 5.54 Å². The van der Waals surface area contributed by atoms with Gasteiger partial charge in [-0.3, -0.25) is 0 Å². The molecule has 0 amide bonds. The minimum Gasteiger partial charge on any atom is -0.368 e. The maximum atomic E-state index is 4.39. The van der Waals surface area contributed by atoms with Crippen LogP contribution in [0.5, 0.6) is 0 Å². The van der Waals surface area contributed by atoms with Gasteiger partial charge in [-0.2, -0.15) is 0 Å². The molecule has 18 heavy (non-hydrogen) atoms. The second-order valence-corrected chi connectivity index (χ2v) is 5.47. The smallest absolute Gasteiger partial charge is 0.131 e. The quantitative estimate of drug-likeness (QED) is 0.722. The summed E-state index contributed by atoms with van der Waals surface area (Å²) in [4.78, 5) is 8.75. The van der Waals surface area contributed by atoms with Crippen molar-refractivity contribution in [3.63, 3.8) is 0 Å². The number of anilines is 2. The molecule has 102 valence electrons. The van der Waals surface area contributed by atoms with Gasteiger partial charge in [-0.1, -0.05) is 0 Å². The third-order valence-electron chi connectivity index (χ3n) is 2.66. The Bertz CT molecular complexity index is 387. The highest BCUT2D eigenvalue weighted by Gasteiger charge is 2.14. The number of nitrogens with zero attached hydrogens (tertiary/aromatic N) is 2. The van der Waals surface area contributed by atoms with Crippen LogP contribution >= 0.6 is 0 Å². The molecule has 0 fully saturated rings. The average Bonchev–Trinajstić information content (AvgIpc) is 2.25. The Morgan fingerprint density at radius 3 is 2.39 bits per heavy atom. The lowest BCUT2D eigenvalue weighted by Crippen LogP contribution is -2.42. The van der Waals surface area contributed by atoms with Gasteiger partial charge in [0.05, 0.1) is 0 Å². The Hall–Kier alpha value is -1.36. The Balaban J connectivity index is 2.74. The van der Waals surface area contributed by atoms with Crippen molar-refractivity contribution < 1.29 is 0 Å². The van der Waals surface area contributed by atoms with Gasteiger partial charge < -0.3 is 16.0 Å². The van der Waals surface area contributed by atoms with E-state index < -0.39 is 0 Å². The van der Waals surface area contributed by atoms with E-state index in [2.05, 4.69) is 53.6 Å². The molecular formula is C13H25N5. The lowest BCUT2D eigenvalue weighted by molar-refractivity contribution is 0.447. The van der Waals surface area contributed by atoms with Crippen LogP contribution in [-0.4, -0.2) is 35.1 Å². The maximum absolute atomic E-state index is 4.39. The van der Waals surface area contributed by atoms with Crippen LogP contribution in [0.1, 0.15) is 33.5 Å². The molecule has 0 saturated heterocycles. The molecule has 1 heterocycles. The number of hydrogen-bond acceptors (Lipinski definition) is 5. The van der Waals surface area contributed by atoms with Crippen molar-refractivity contribution >= 4 is 11.6 Å². The van der Waals surface area contributed by atoms with Gasteiger partial charge in [0.25, 0.3) is 0 Å². The average molecular weight is 251 g/mol. The van der Waals surface area contributed by atoms with E-state index in [0.717, 1.165) is 24.0 Å². The number of likely N-dealkylation sites (N-methyl/N-ethyl adjacent to an activating group) is 1. The minimum absolute atomic E-state index is 0.0322. The third-order valence-corrected chi connectivity index (χ3v) is 2.66. The van der Waals surface area contributed by atoms with Gasteiger partial charge in [-0.15, -0.1) is 0 Å². The Morgan fingerprint density at radius 2 is 1.83 bits per heavy atom. The van der Waals surface area contributed by atoms with Crippen LogP contribution in [0, 0.1) is 6.92 Å². The summed E-state index contributed by atoms with van der Waals surface area (Å²) in [6.07, 6.45) is 0. The van der Waals surface area contributed by atoms with Crippen molar-refractivity contribution in [2.24, 2.45) is 0 Å². The second kappa shape index (κ2) is 6.00. The lowest BCUT2D eigenvalue weighted by atomic mass is 10.1. The van der Waals surface area contributed by atoms with Crippen LogP contribution < -0.4 is 16.0 Å². The van der Waals surface area contributed by atoms with Crippen LogP contribution in [0.2, 0.25) is 0 Å². The number of hydrogen-bond donors (Lipinski definition) is 3. The van der Waals surface area contributed by atoms with Crippen molar-refractivity contribution in [2.75, 3.05) is 24.2 Å². The molecule has 0 aliphatic rings. The Labute approximate surface area is 110 Å². The first-order chi connectivity index (χ1) is 8.32. The second-order valence-electron chi connectivity index (χ2n) is 5.47. The summed E-state index contributed by atoms with van der Waals surface area (Å²) in [7, 11) is 1.96. The molecule has 1 rings (SSSR count). The Kier molecular flexibility index (Phi) is 4.90. The van der Waals surface area contributed by atoms with Crippen LogP contribution in [0.3, 0.4) is 0 Å². The summed E-state index contributed by atoms with van der Waals surface area (Å²) in [6, 6.07) is 2.31. The SMILES string of the molecule is CNC(C)(C)CNc1cc(NC(C)C)nc(C)n1. The fraction of sp³-hybridized carbons (Fsp3) is 0.692. The zero-order valence-corrected chi connectivity index (χ0v) is 12.3. The van der Waals surface area contributed by atoms with Crippen LogP contribution in [0.25, 0.3) is 0 Å². The lowest BCUT2D eigenvalue weighted by Gasteiger charge is -2.24. The van der Waals surface area contributed by atoms with Crippen molar-refractivity contribution in [1.82, 2.24) is 15.3 Å². The first-order valence-electron chi connectivity index (χ1n) is 6.37. The molecule has 0 saturated carbocycles. The number of nitrogens with one attached hydrogen (secondary N) is 3. The molecule has 3 N–H and O–H groups in total. The molecule has 0 bridgehead atoms. The normalized spacial score (nSPS) is 11.7. The molecular weight excluding hydrogens is 226 g/mol. The standard InChI is InChI=1S/C13H25N5/c1-9(2)16-12-7-11(17-10(3)18-12)15-8-13(4,5)14-6/h7,9,14H,8H2,1-6H3,(H2,15,16,17,18). The van der Waals surface area contributed by atoms with Crippen molar-refractivity contribution in [1.29, 1.82) is 0 Å². The first kappa shape index (κ1) is 14.7. The molecule has 5 nitrogen and oxygen atoms in total. The predicted octanol–water partition coefficient (Wildman–Crippen LogP) is 2.02. The minimum atomic E-state index is 0.0322. The monoisotopic (exact) mass is 251 g/mol. The van der Waals surface area contributed by atoms with E-state index in [1.165, 1.54) is 0 Å². The van der Waals surface area contributed by atoms with Crippen molar-refractivity contribution in [2.45, 2.75) is 46.2 Å². The molecule has 0 radical (unpaired) electrons. The maximum Gasteiger partial charge on any atom is 0.131 e. The summed E-state index contributed by atoms with van der Waals surface area (Å²) in [5.41, 5.74) is 0.0322. The number of rotatable bonds is 6. The number of aryl methyl sites for hydroxylation is 1. The molecule has 1 aromatic heterocycles. The van der Waals surface area contributed by atoms with Gasteiger partial charge in [0.1, 0.15) is 17.5 Å². The highest BCUT2D eigenvalue weighted by molar-refractivity contribution is 5.48. The van der Waals surface area contributed by atoms with Gasteiger partial charge in [0.2, 0.25) is 0 Å². The summed E-state index contributed by atoms with van der Waals surface area (Å²) in [5, 5.41) is 9.88. The van der Waals surface area contributed by atoms with Gasteiger partial charge >= 0.3 is 0 Å². The fourth-order valence-electron chi connectivity index (χ4n) is 1.43. The Morgan fingerprint density at radius 1 is 1.22 bits per heavy atom. The summed E-state index contributed by atoms with van der Waals surface area (Å²) < 4.78 is 0. The molecule has 5 heteroatoms. The highest BCUT2D eigenvalue weighted by atomic mass is 15.1. The van der Waals surface area contributed by atoms with E-state index in [0.29, 0.717) is 6.04 Å². The predicted molar refractivity (Wildman–Crippen MR) is 77.2 cm³/mol. The number of aromatic nitrogens is 2. The third kappa shape index (κ3) is 4.87. The van der Waals surface area contributed by atoms with Crippen molar-refractivity contribution in [3.8, 4) is 0 Å². The zero-order valence-electron chi connectivity index (χ0n) is 12.3. The fourth-order valence-corrected chi connectivity index (χ4v) is 1.43. The largest absolute Gasteiger partial charge is 0.368 e. The molecule has 0 unspecified atom stereocenters. The highest BCUT2D eigenvalue weighted by Crippen LogP contribution is 2.13. The van der Waals surface area contributed by atoms with Gasteiger partial charge in [-0.05, 0) is 41.7 Å². The van der Waals surface area contributed by atoms with Crippen LogP contribution in [-0.2, 0) is 0 Å². The van der Waals surface area contributed by atoms with Crippen LogP contribution in [0.4, 0.5) is 11.6 Å². The molecule has 0 aliphatic heterocycles. The summed E-state index contributed by atoms with van der Waals surface area (Å²) in [6.45, 7) is 11.2. The van der Waals surface area contributed by atoms with E-state index >= 15 is 0 Å². The van der Waals surface area contributed by atoms with Crippen molar-refractivity contribution in [3.05, 3.63) is 11.9 Å². The van der Waals surface area contributed by atoms with Gasteiger partial charge in [0.15, 0.2) is 0 Å². The summed E-state index contributed by atoms with van der Waals surface area (Å²) >= 11 is 0. The van der Waals surface area contributed by atoms with Crippen LogP contribution in [0.15, 0.2) is 6.07 Å². The first-order valence-corrected chi connectivity index (χ1v) is 6.37. The zero-order chi connectivity index (χ0) is 13.8. The van der Waals surface area contributed by atoms with Gasteiger partial charge in [-0.25, -0.2) is 9.97 Å². The molecule has 0 aromatic carbocycles. The van der Waals surface area contributed by atoms with E-state index in [1.807, 2.05) is 20.0 Å². The van der Waals surface area contributed by atoms with E-state index in [4.69, 9.17) is 0 Å². The summed E-state index contributed by atoms with van der Waals surface area (Å²) in [5.74, 6) is 2.49. The molecule has 0 atom stereocenters. The van der Waals surface area contributed by atoms with E-state index in [1.54, 1.807) is 0 Å². The molecule has 0 spiro atoms. The molecule has 0 aliphatic carbocycles.